The molecule has 4 atom stereocenters. The van der Waals surface area contributed by atoms with Crippen LogP contribution in [0.5, 0.6) is 0 Å². The van der Waals surface area contributed by atoms with Crippen LogP contribution in [0.25, 0.3) is 0 Å². The maximum absolute atomic E-state index is 10.5. The SMILES string of the molecule is CCc1c(CC[C@H](O)/C=C/[C@H]2CCC(O)[C@@H]2C/C=C\CCCC(=O)O)sc(C)c1Br. The minimum Gasteiger partial charge on any atom is -0.481 e. The molecule has 0 radical (unpaired) electrons. The first-order valence-corrected chi connectivity index (χ1v) is 12.6. The summed E-state index contributed by atoms with van der Waals surface area (Å²) in [7, 11) is 0. The van der Waals surface area contributed by atoms with Gasteiger partial charge in [-0.2, -0.15) is 0 Å². The molecule has 2 rings (SSSR count). The van der Waals surface area contributed by atoms with Gasteiger partial charge in [0.25, 0.3) is 0 Å². The zero-order chi connectivity index (χ0) is 22.1. The highest BCUT2D eigenvalue weighted by molar-refractivity contribution is 9.10. The summed E-state index contributed by atoms with van der Waals surface area (Å²) >= 11 is 5.49. The average molecular weight is 500 g/mol. The number of hydrogen-bond donors (Lipinski definition) is 3. The van der Waals surface area contributed by atoms with Crippen LogP contribution >= 0.6 is 27.3 Å². The van der Waals surface area contributed by atoms with E-state index in [1.165, 1.54) is 19.8 Å². The van der Waals surface area contributed by atoms with Gasteiger partial charge < -0.3 is 15.3 Å². The van der Waals surface area contributed by atoms with E-state index < -0.39 is 12.1 Å². The Balaban J connectivity index is 1.82. The van der Waals surface area contributed by atoms with E-state index in [9.17, 15) is 15.0 Å². The molecule has 6 heteroatoms. The minimum atomic E-state index is -0.758. The Hall–Kier alpha value is -0.950. The third-order valence-corrected chi connectivity index (χ3v) is 8.51. The van der Waals surface area contributed by atoms with Gasteiger partial charge in [0.2, 0.25) is 0 Å². The number of aliphatic hydroxyl groups is 2. The lowest BCUT2D eigenvalue weighted by Gasteiger charge is -2.18. The van der Waals surface area contributed by atoms with Crippen LogP contribution in [0.1, 0.15) is 67.2 Å². The molecule has 0 amide bonds. The van der Waals surface area contributed by atoms with E-state index in [0.717, 1.165) is 38.5 Å². The Morgan fingerprint density at radius 1 is 1.33 bits per heavy atom. The molecular formula is C24H35BrO4S. The number of aliphatic carboxylic acids is 1. The number of allylic oxidation sites excluding steroid dienone is 3. The molecular weight excluding hydrogens is 464 g/mol. The summed E-state index contributed by atoms with van der Waals surface area (Å²) in [4.78, 5) is 13.2. The molecule has 1 heterocycles. The van der Waals surface area contributed by atoms with Crippen LogP contribution in [0, 0.1) is 18.8 Å². The fourth-order valence-corrected chi connectivity index (χ4v) is 6.28. The summed E-state index contributed by atoms with van der Waals surface area (Å²) in [5.74, 6) is -0.305. The van der Waals surface area contributed by atoms with Crippen LogP contribution in [0.4, 0.5) is 0 Å². The first-order chi connectivity index (χ1) is 14.3. The lowest BCUT2D eigenvalue weighted by molar-refractivity contribution is -0.137. The van der Waals surface area contributed by atoms with Crippen molar-refractivity contribution in [2.75, 3.05) is 0 Å². The third-order valence-electron chi connectivity index (χ3n) is 5.96. The number of carboxylic acids is 1. The Bertz CT molecular complexity index is 740. The van der Waals surface area contributed by atoms with Crippen LogP contribution in [0.15, 0.2) is 28.8 Å². The van der Waals surface area contributed by atoms with Crippen molar-refractivity contribution in [1.82, 2.24) is 0 Å². The van der Waals surface area contributed by atoms with E-state index in [4.69, 9.17) is 5.11 Å². The quantitative estimate of drug-likeness (QED) is 0.250. The van der Waals surface area contributed by atoms with E-state index in [2.05, 4.69) is 41.9 Å². The van der Waals surface area contributed by atoms with Crippen LogP contribution in [0.2, 0.25) is 0 Å². The second-order valence-electron chi connectivity index (χ2n) is 8.18. The van der Waals surface area contributed by atoms with Crippen molar-refractivity contribution in [2.24, 2.45) is 11.8 Å². The lowest BCUT2D eigenvalue weighted by atomic mass is 9.90. The molecule has 0 bridgehead atoms. The molecule has 168 valence electrons. The molecule has 0 aliphatic heterocycles. The molecule has 1 fully saturated rings. The highest BCUT2D eigenvalue weighted by Crippen LogP contribution is 2.36. The maximum atomic E-state index is 10.5. The van der Waals surface area contributed by atoms with Crippen LogP contribution in [0.3, 0.4) is 0 Å². The van der Waals surface area contributed by atoms with Crippen molar-refractivity contribution < 1.29 is 20.1 Å². The number of aliphatic hydroxyl groups excluding tert-OH is 2. The van der Waals surface area contributed by atoms with Gasteiger partial charge in [-0.25, -0.2) is 0 Å². The molecule has 1 aliphatic carbocycles. The summed E-state index contributed by atoms with van der Waals surface area (Å²) in [5, 5.41) is 29.5. The predicted molar refractivity (Wildman–Crippen MR) is 127 cm³/mol. The fraction of sp³-hybridized carbons (Fsp3) is 0.625. The molecule has 0 aromatic carbocycles. The van der Waals surface area contributed by atoms with Gasteiger partial charge in [0.15, 0.2) is 0 Å². The van der Waals surface area contributed by atoms with Crippen LogP contribution < -0.4 is 0 Å². The van der Waals surface area contributed by atoms with Gasteiger partial charge in [0, 0.05) is 20.6 Å². The molecule has 1 aliphatic rings. The zero-order valence-electron chi connectivity index (χ0n) is 18.0. The maximum Gasteiger partial charge on any atom is 0.303 e. The van der Waals surface area contributed by atoms with E-state index in [0.29, 0.717) is 12.8 Å². The number of hydrogen-bond acceptors (Lipinski definition) is 4. The Labute approximate surface area is 192 Å². The first-order valence-electron chi connectivity index (χ1n) is 11.0. The van der Waals surface area contributed by atoms with E-state index >= 15 is 0 Å². The van der Waals surface area contributed by atoms with Gasteiger partial charge in [0.05, 0.1) is 12.2 Å². The molecule has 1 aromatic heterocycles. The average Bonchev–Trinajstić information content (AvgIpc) is 3.19. The van der Waals surface area contributed by atoms with Crippen molar-refractivity contribution in [3.63, 3.8) is 0 Å². The number of rotatable bonds is 12. The number of aryl methyl sites for hydroxylation is 2. The first kappa shape index (κ1) is 25.3. The van der Waals surface area contributed by atoms with Crippen molar-refractivity contribution in [3.05, 3.63) is 44.1 Å². The zero-order valence-corrected chi connectivity index (χ0v) is 20.4. The van der Waals surface area contributed by atoms with Crippen molar-refractivity contribution in [1.29, 1.82) is 0 Å². The monoisotopic (exact) mass is 498 g/mol. The minimum absolute atomic E-state index is 0.173. The highest BCUT2D eigenvalue weighted by atomic mass is 79.9. The molecule has 4 nitrogen and oxygen atoms in total. The molecule has 3 N–H and O–H groups in total. The summed E-state index contributed by atoms with van der Waals surface area (Å²) in [6.45, 7) is 4.29. The Kier molecular flexibility index (Phi) is 10.8. The number of unbranched alkanes of at least 4 members (excludes halogenated alkanes) is 1. The van der Waals surface area contributed by atoms with Gasteiger partial charge >= 0.3 is 5.97 Å². The van der Waals surface area contributed by atoms with Gasteiger partial charge in [0.1, 0.15) is 0 Å². The third kappa shape index (κ3) is 7.63. The van der Waals surface area contributed by atoms with Gasteiger partial charge in [-0.3, -0.25) is 4.79 Å². The molecule has 0 spiro atoms. The van der Waals surface area contributed by atoms with E-state index in [-0.39, 0.29) is 24.4 Å². The summed E-state index contributed by atoms with van der Waals surface area (Å²) in [6, 6.07) is 0. The lowest BCUT2D eigenvalue weighted by Crippen LogP contribution is -2.17. The smallest absolute Gasteiger partial charge is 0.303 e. The fourth-order valence-electron chi connectivity index (χ4n) is 4.22. The Morgan fingerprint density at radius 2 is 2.10 bits per heavy atom. The van der Waals surface area contributed by atoms with Crippen molar-refractivity contribution in [3.8, 4) is 0 Å². The van der Waals surface area contributed by atoms with E-state index in [1.807, 2.05) is 23.5 Å². The molecule has 1 aromatic rings. The normalized spacial score (nSPS) is 23.0. The molecule has 0 saturated heterocycles. The Morgan fingerprint density at radius 3 is 2.80 bits per heavy atom. The summed E-state index contributed by atoms with van der Waals surface area (Å²) in [6.07, 6.45) is 14.0. The predicted octanol–water partition coefficient (Wildman–Crippen LogP) is 5.82. The van der Waals surface area contributed by atoms with Crippen LogP contribution in [-0.2, 0) is 17.6 Å². The van der Waals surface area contributed by atoms with Crippen molar-refractivity contribution >= 4 is 33.2 Å². The number of carboxylic acid groups (broad SMARTS) is 1. The van der Waals surface area contributed by atoms with Gasteiger partial charge in [-0.15, -0.1) is 11.3 Å². The summed E-state index contributed by atoms with van der Waals surface area (Å²) < 4.78 is 1.22. The highest BCUT2D eigenvalue weighted by Gasteiger charge is 2.32. The topological polar surface area (TPSA) is 77.8 Å². The summed E-state index contributed by atoms with van der Waals surface area (Å²) in [5.41, 5.74) is 1.36. The van der Waals surface area contributed by atoms with Gasteiger partial charge in [-0.1, -0.05) is 31.2 Å². The molecule has 1 unspecified atom stereocenters. The molecule has 1 saturated carbocycles. The molecule has 30 heavy (non-hydrogen) atoms. The van der Waals surface area contributed by atoms with Crippen molar-refractivity contribution in [2.45, 2.75) is 83.8 Å². The number of halogens is 1. The second-order valence-corrected chi connectivity index (χ2v) is 10.3. The van der Waals surface area contributed by atoms with E-state index in [1.54, 1.807) is 0 Å². The number of thiophene rings is 1. The second kappa shape index (κ2) is 12.8. The van der Waals surface area contributed by atoms with Crippen LogP contribution in [-0.4, -0.2) is 33.5 Å². The van der Waals surface area contributed by atoms with Gasteiger partial charge in [-0.05, 0) is 91.6 Å². The number of carbonyl (C=O) groups is 1. The largest absolute Gasteiger partial charge is 0.481 e. The standard InChI is InChI=1S/C24H35BrO4S/c1-3-19-22(30-16(2)24(19)25)15-13-18(26)12-10-17-11-14-21(27)20(17)8-6-4-5-7-9-23(28)29/h4,6,10,12,17-18,20-21,26-27H,3,5,7-9,11,13-15H2,1-2H3,(H,28,29)/b6-4-,12-10+/t17-,18+,20+,21?/m0/s1.